The summed E-state index contributed by atoms with van der Waals surface area (Å²) in [6, 6.07) is 7.91. The molecular weight excluding hydrogens is 635 g/mol. The molecule has 4 N–H and O–H groups in total. The van der Waals surface area contributed by atoms with Gasteiger partial charge in [0.2, 0.25) is 0 Å². The molecule has 2 amide bonds. The number of carbonyl (C=O) groups is 1. The fraction of sp³-hybridized carbons (Fsp3) is 0.750. The Morgan fingerprint density at radius 2 is 1.67 bits per heavy atom. The molecule has 0 spiro atoms. The van der Waals surface area contributed by atoms with E-state index in [9.17, 15) is 15.0 Å². The number of benzene rings is 1. The molecule has 7 heteroatoms. The molecule has 1 heterocycles. The van der Waals surface area contributed by atoms with E-state index >= 15 is 0 Å². The topological polar surface area (TPSA) is 94.1 Å². The number of ether oxygens (including phenoxy) is 1. The lowest BCUT2D eigenvalue weighted by Gasteiger charge is -2.72. The number of carbonyl (C=O) groups excluding carboxylic acids is 1. The number of aliphatic hydroxyl groups excluding tert-OH is 1. The van der Waals surface area contributed by atoms with Gasteiger partial charge in [0.05, 0.1) is 13.2 Å². The second-order valence-electron chi connectivity index (χ2n) is 19.1. The molecule has 4 saturated carbocycles. The first-order valence-corrected chi connectivity index (χ1v) is 20.3. The average Bonchev–Trinajstić information content (AvgIpc) is 3.47. The fourth-order valence-electron chi connectivity index (χ4n) is 13.9. The van der Waals surface area contributed by atoms with Gasteiger partial charge >= 0.3 is 6.03 Å². The summed E-state index contributed by atoms with van der Waals surface area (Å²) in [5, 5.41) is 26.3. The van der Waals surface area contributed by atoms with Gasteiger partial charge in [-0.3, -0.25) is 4.90 Å². The number of nitrogens with one attached hydrogen (secondary N) is 2. The van der Waals surface area contributed by atoms with Gasteiger partial charge in [0.15, 0.2) is 6.29 Å². The van der Waals surface area contributed by atoms with E-state index < -0.39 is 6.29 Å². The van der Waals surface area contributed by atoms with Crippen molar-refractivity contribution < 1.29 is 19.7 Å². The number of aliphatic hydroxyl groups is 2. The number of hydrogen-bond acceptors (Lipinski definition) is 5. The number of hydrogen-bond donors (Lipinski definition) is 4. The summed E-state index contributed by atoms with van der Waals surface area (Å²) >= 11 is 0. The highest BCUT2D eigenvalue weighted by Crippen LogP contribution is 2.76. The second kappa shape index (κ2) is 13.6. The minimum absolute atomic E-state index is 0.0170. The van der Waals surface area contributed by atoms with Gasteiger partial charge in [0.25, 0.3) is 0 Å². The van der Waals surface area contributed by atoms with Gasteiger partial charge < -0.3 is 25.6 Å². The molecule has 7 rings (SSSR count). The molecule has 9 atom stereocenters. The average molecular weight is 702 g/mol. The van der Waals surface area contributed by atoms with E-state index in [0.29, 0.717) is 41.7 Å². The van der Waals surface area contributed by atoms with Crippen molar-refractivity contribution in [3.05, 3.63) is 53.6 Å². The van der Waals surface area contributed by atoms with Crippen LogP contribution in [0, 0.1) is 51.2 Å². The summed E-state index contributed by atoms with van der Waals surface area (Å²) in [7, 11) is 0. The van der Waals surface area contributed by atoms with Gasteiger partial charge in [-0.25, -0.2) is 4.79 Å². The van der Waals surface area contributed by atoms with E-state index in [0.717, 1.165) is 65.0 Å². The molecule has 5 fully saturated rings. The maximum absolute atomic E-state index is 13.6. The molecule has 282 valence electrons. The first-order chi connectivity index (χ1) is 24.2. The molecule has 1 aliphatic heterocycles. The number of morpholine rings is 1. The Labute approximate surface area is 308 Å². The minimum Gasteiger partial charge on any atom is -0.379 e. The molecular formula is C44H67N3O4. The van der Waals surface area contributed by atoms with Crippen LogP contribution in [0.3, 0.4) is 0 Å². The first kappa shape index (κ1) is 37.1. The lowest BCUT2D eigenvalue weighted by Crippen LogP contribution is -2.68. The Hall–Kier alpha value is -2.19. The number of fused-ring (bicyclic) bond motifs is 7. The van der Waals surface area contributed by atoms with Crippen LogP contribution in [-0.4, -0.2) is 66.1 Å². The van der Waals surface area contributed by atoms with Crippen molar-refractivity contribution in [1.82, 2.24) is 15.5 Å². The van der Waals surface area contributed by atoms with Crippen LogP contribution in [0.15, 0.2) is 42.5 Å². The van der Waals surface area contributed by atoms with Crippen LogP contribution < -0.4 is 10.6 Å². The molecule has 6 aliphatic rings. The van der Waals surface area contributed by atoms with Crippen LogP contribution in [0.5, 0.6) is 0 Å². The molecule has 0 aromatic heterocycles. The summed E-state index contributed by atoms with van der Waals surface area (Å²) < 4.78 is 5.50. The van der Waals surface area contributed by atoms with Crippen molar-refractivity contribution in [1.29, 1.82) is 0 Å². The summed E-state index contributed by atoms with van der Waals surface area (Å²) in [6.45, 7) is 25.0. The van der Waals surface area contributed by atoms with Gasteiger partial charge in [0.1, 0.15) is 0 Å². The van der Waals surface area contributed by atoms with Crippen LogP contribution in [0.25, 0.3) is 5.57 Å². The zero-order valence-corrected chi connectivity index (χ0v) is 32.5. The highest BCUT2D eigenvalue weighted by Gasteiger charge is 2.70. The van der Waals surface area contributed by atoms with Crippen LogP contribution >= 0.6 is 0 Å². The lowest BCUT2D eigenvalue weighted by atomic mass is 9.33. The van der Waals surface area contributed by atoms with Crippen molar-refractivity contribution >= 4 is 11.6 Å². The third kappa shape index (κ3) is 6.05. The zero-order valence-electron chi connectivity index (χ0n) is 32.5. The molecule has 7 nitrogen and oxygen atoms in total. The van der Waals surface area contributed by atoms with E-state index in [-0.39, 0.29) is 33.2 Å². The summed E-state index contributed by atoms with van der Waals surface area (Å²) in [5.41, 5.74) is 4.98. The predicted molar refractivity (Wildman–Crippen MR) is 205 cm³/mol. The Morgan fingerprint density at radius 1 is 0.941 bits per heavy atom. The van der Waals surface area contributed by atoms with Crippen LogP contribution in [-0.2, 0) is 4.74 Å². The Kier molecular flexibility index (Phi) is 9.89. The Bertz CT molecular complexity index is 1500. The smallest absolute Gasteiger partial charge is 0.315 e. The molecule has 51 heavy (non-hydrogen) atoms. The van der Waals surface area contributed by atoms with Crippen molar-refractivity contribution in [2.24, 2.45) is 51.2 Å². The van der Waals surface area contributed by atoms with Crippen LogP contribution in [0.4, 0.5) is 4.79 Å². The van der Waals surface area contributed by atoms with Gasteiger partial charge in [-0.1, -0.05) is 77.1 Å². The Balaban J connectivity index is 1.11. The van der Waals surface area contributed by atoms with Crippen LogP contribution in [0.1, 0.15) is 123 Å². The van der Waals surface area contributed by atoms with Crippen molar-refractivity contribution in [2.75, 3.05) is 39.4 Å². The SMILES string of the molecule is C=C(C)[C@@H]1CC[C@]2(NC(=O)NCCCN3CCOCC3)CC[C@]3(C)[C@H](CC[C@@H]4[C@@]5(C)CC=C(c6ccc(C(O)O)cc6)C(C)(C)[C@@H]5CC[C@]43C)[C@@H]12. The number of nitrogens with zero attached hydrogens (tertiary/aromatic N) is 1. The molecule has 0 bridgehead atoms. The fourth-order valence-corrected chi connectivity index (χ4v) is 13.9. The third-order valence-electron chi connectivity index (χ3n) is 16.6. The van der Waals surface area contributed by atoms with Crippen molar-refractivity contribution in [3.8, 4) is 0 Å². The molecule has 0 unspecified atom stereocenters. The second-order valence-corrected chi connectivity index (χ2v) is 19.1. The number of rotatable bonds is 8. The quantitative estimate of drug-likeness (QED) is 0.125. The summed E-state index contributed by atoms with van der Waals surface area (Å²) in [6.07, 6.45) is 12.6. The third-order valence-corrected chi connectivity index (χ3v) is 16.6. The van der Waals surface area contributed by atoms with Gasteiger partial charge in [-0.2, -0.15) is 0 Å². The monoisotopic (exact) mass is 702 g/mol. The number of allylic oxidation sites excluding steroid dienone is 3. The van der Waals surface area contributed by atoms with Crippen molar-refractivity contribution in [3.63, 3.8) is 0 Å². The van der Waals surface area contributed by atoms with E-state index in [1.54, 1.807) is 0 Å². The minimum atomic E-state index is -1.44. The van der Waals surface area contributed by atoms with E-state index in [1.165, 1.54) is 48.8 Å². The zero-order chi connectivity index (χ0) is 36.4. The van der Waals surface area contributed by atoms with Gasteiger partial charge in [0, 0.05) is 30.7 Å². The maximum atomic E-state index is 13.6. The predicted octanol–water partition coefficient (Wildman–Crippen LogP) is 8.09. The number of urea groups is 1. The highest BCUT2D eigenvalue weighted by molar-refractivity contribution is 5.75. The first-order valence-electron chi connectivity index (χ1n) is 20.3. The van der Waals surface area contributed by atoms with E-state index in [1.807, 2.05) is 12.1 Å². The largest absolute Gasteiger partial charge is 0.379 e. The van der Waals surface area contributed by atoms with Crippen molar-refractivity contribution in [2.45, 2.75) is 118 Å². The number of amides is 2. The molecule has 1 aromatic carbocycles. The molecule has 1 aromatic rings. The van der Waals surface area contributed by atoms with E-state index in [2.05, 4.69) is 81.9 Å². The lowest BCUT2D eigenvalue weighted by molar-refractivity contribution is -0.218. The maximum Gasteiger partial charge on any atom is 0.315 e. The Morgan fingerprint density at radius 3 is 2.35 bits per heavy atom. The van der Waals surface area contributed by atoms with Gasteiger partial charge in [-0.05, 0) is 140 Å². The van der Waals surface area contributed by atoms with Crippen LogP contribution in [0.2, 0.25) is 0 Å². The summed E-state index contributed by atoms with van der Waals surface area (Å²) in [4.78, 5) is 16.1. The molecule has 5 aliphatic carbocycles. The standard InChI is InChI=1S/C44H67N3O4/c1-29(2)32-15-20-44(46-39(50)45-23-8-24-47-25-27-51-28-26-47)22-21-42(6)34(37(32)44)13-14-36-41(5)18-16-33(30-9-11-31(12-10-30)38(48)49)40(3,4)35(41)17-19-43(36,42)7/h9-12,16,32,34-38,48-49H,1,8,13-15,17-28H2,2-7H3,(H2,45,46,50)/t32-,34+,35-,36+,37+,41-,42+,43+,44-/m0/s1. The van der Waals surface area contributed by atoms with Gasteiger partial charge in [-0.15, -0.1) is 0 Å². The summed E-state index contributed by atoms with van der Waals surface area (Å²) in [5.74, 6) is 2.69. The highest BCUT2D eigenvalue weighted by atomic mass is 16.5. The normalized spacial score (nSPS) is 40.3. The molecule has 0 radical (unpaired) electrons. The molecule has 1 saturated heterocycles. The van der Waals surface area contributed by atoms with E-state index in [4.69, 9.17) is 4.74 Å².